The number of rotatable bonds is 15. The lowest BCUT2D eigenvalue weighted by molar-refractivity contribution is 0.487. The Kier molecular flexibility index (Phi) is 18.5. The molecule has 0 radical (unpaired) electrons. The van der Waals surface area contributed by atoms with E-state index in [9.17, 15) is 0 Å². The van der Waals surface area contributed by atoms with Crippen molar-refractivity contribution in [2.24, 2.45) is 0 Å². The Morgan fingerprint density at radius 2 is 0.452 bits per heavy atom. The van der Waals surface area contributed by atoms with Gasteiger partial charge in [-0.15, -0.1) is 0 Å². The van der Waals surface area contributed by atoms with Gasteiger partial charge in [-0.05, 0) is 291 Å². The number of benzene rings is 22. The van der Waals surface area contributed by atoms with Crippen LogP contribution in [0.5, 0.6) is 23.0 Å². The maximum absolute atomic E-state index is 6.91. The molecular weight excluding hydrogens is 1550 g/mol. The average Bonchev–Trinajstić information content (AvgIpc) is 0.717. The molecule has 0 saturated carbocycles. The van der Waals surface area contributed by atoms with Crippen molar-refractivity contribution in [3.8, 4) is 67.5 Å². The highest BCUT2D eigenvalue weighted by atomic mass is 28.3. The summed E-state index contributed by atoms with van der Waals surface area (Å²) < 4.78 is 13.8. The van der Waals surface area contributed by atoms with Gasteiger partial charge in [-0.2, -0.15) is 0 Å². The molecule has 2 aliphatic heterocycles. The predicted molar refractivity (Wildman–Crippen MR) is 537 cm³/mol. The van der Waals surface area contributed by atoms with Crippen LogP contribution in [-0.4, -0.2) is 8.07 Å². The summed E-state index contributed by atoms with van der Waals surface area (Å²) in [4.78, 5) is 9.28. The van der Waals surface area contributed by atoms with Crippen molar-refractivity contribution in [2.75, 3.05) is 19.6 Å². The summed E-state index contributed by atoms with van der Waals surface area (Å²) in [5.41, 5.74) is 22.5. The molecule has 0 bridgehead atoms. The summed E-state index contributed by atoms with van der Waals surface area (Å²) >= 11 is 0. The average molecular weight is 1630 g/mol. The first-order valence-corrected chi connectivity index (χ1v) is 46.8. The summed E-state index contributed by atoms with van der Waals surface area (Å²) in [6.07, 6.45) is 0. The summed E-state index contributed by atoms with van der Waals surface area (Å²) in [6.45, 7) is 7.19. The monoisotopic (exact) mass is 1630 g/mol. The molecule has 2 heterocycles. The first kappa shape index (κ1) is 74.9. The molecule has 24 rings (SSSR count). The van der Waals surface area contributed by atoms with E-state index in [1.165, 1.54) is 114 Å². The minimum Gasteiger partial charge on any atom is -0.456 e. The van der Waals surface area contributed by atoms with Crippen LogP contribution in [0.3, 0.4) is 0 Å². The second-order valence-corrected chi connectivity index (χ2v) is 38.9. The molecule has 0 N–H and O–H groups in total. The van der Waals surface area contributed by atoms with E-state index in [0.717, 1.165) is 113 Å². The third-order valence-corrected chi connectivity index (χ3v) is 27.4. The Morgan fingerprint density at radius 3 is 0.849 bits per heavy atom. The quantitative estimate of drug-likeness (QED) is 0.0751. The van der Waals surface area contributed by atoms with E-state index in [0.29, 0.717) is 0 Å². The van der Waals surface area contributed by atoms with Crippen LogP contribution >= 0.6 is 0 Å². The maximum atomic E-state index is 6.91. The molecule has 596 valence electrons. The molecule has 126 heavy (non-hydrogen) atoms. The van der Waals surface area contributed by atoms with Crippen LogP contribution < -0.4 is 34.3 Å². The van der Waals surface area contributed by atoms with Crippen molar-refractivity contribution in [2.45, 2.75) is 19.6 Å². The molecule has 0 spiro atoms. The van der Waals surface area contributed by atoms with Gasteiger partial charge in [-0.1, -0.05) is 286 Å². The first-order chi connectivity index (χ1) is 62.1. The van der Waals surface area contributed by atoms with Crippen LogP contribution in [0, 0.1) is 0 Å². The van der Waals surface area contributed by atoms with Gasteiger partial charge in [0.1, 0.15) is 23.0 Å². The number of hydrogen-bond acceptors (Lipinski definition) is 6. The van der Waals surface area contributed by atoms with Gasteiger partial charge in [0.15, 0.2) is 0 Å². The summed E-state index contributed by atoms with van der Waals surface area (Å²) in [6, 6.07) is 164. The molecule has 0 unspecified atom stereocenters. The highest BCUT2D eigenvalue weighted by Gasteiger charge is 2.29. The van der Waals surface area contributed by atoms with Crippen molar-refractivity contribution in [3.05, 3.63) is 455 Å². The standard InChI is InChI=1S/C62H40N2O.C57H44N2OSi/c1-4-16-44(17-5-1)63(45-18-6-2-7-19-45)49-34-36-54-59-40-57-53-24-13-12-23-52(53)56(39-58(57)55-25-14-26-60(62(55)59)65-61(54)38-49)42-29-31-47(32-30-42)64(46-20-8-3-9-21-46)48-33-35-51-43(37-48)28-27-41-15-10-11-22-50(41)51;1-61(2,3)46-33-30-44(31-34-46)59(42-20-11-6-12-21-42)45-32-35-49-54-38-52-48-23-14-13-22-47(48)51(37-53(52)50-24-15-25-55(57(50)54)60-56(49)36-45)39-26-28-43(29-27-39)58(40-16-7-4-8-17-40)41-18-9-5-10-19-41/h1-40H;4-38H,1-3H3. The Labute approximate surface area is 733 Å². The smallest absolute Gasteiger partial charge is 0.137 e. The molecule has 6 nitrogen and oxygen atoms in total. The van der Waals surface area contributed by atoms with E-state index in [1.807, 2.05) is 0 Å². The van der Waals surface area contributed by atoms with Crippen LogP contribution in [0.4, 0.5) is 68.2 Å². The Morgan fingerprint density at radius 1 is 0.167 bits per heavy atom. The SMILES string of the molecule is C[Si](C)(C)c1ccc(N(c2ccccc2)c2ccc3c(c2)Oc2cccc4c2c-3cc2c3ccccc3c(-c3ccc(N(c5ccccc5)c5ccccc5)cc3)cc42)cc1.c1ccc(N(c2ccccc2)c2ccc3c(c2)Oc2cccc4c2c-3cc2c3ccccc3c(-c3ccc(N(c5ccccc5)c5ccc6c(ccc7ccccc76)c5)cc3)cc42)cc1. The minimum absolute atomic E-state index is 0.849. The van der Waals surface area contributed by atoms with Gasteiger partial charge in [0.25, 0.3) is 0 Å². The van der Waals surface area contributed by atoms with Gasteiger partial charge in [0.2, 0.25) is 0 Å². The second-order valence-electron chi connectivity index (χ2n) is 33.8. The van der Waals surface area contributed by atoms with Crippen molar-refractivity contribution >= 4 is 168 Å². The van der Waals surface area contributed by atoms with Crippen molar-refractivity contribution in [1.29, 1.82) is 0 Å². The molecule has 2 aliphatic rings. The molecule has 0 atom stereocenters. The third-order valence-electron chi connectivity index (χ3n) is 25.3. The summed E-state index contributed by atoms with van der Waals surface area (Å²) in [7, 11) is -1.45. The maximum Gasteiger partial charge on any atom is 0.137 e. The lowest BCUT2D eigenvalue weighted by Gasteiger charge is -2.29. The Hall–Kier alpha value is -16.1. The molecule has 0 aromatic heterocycles. The zero-order valence-electron chi connectivity index (χ0n) is 69.9. The molecule has 22 aromatic rings. The van der Waals surface area contributed by atoms with Gasteiger partial charge in [0, 0.05) is 102 Å². The van der Waals surface area contributed by atoms with Gasteiger partial charge < -0.3 is 29.1 Å². The molecule has 0 fully saturated rings. The van der Waals surface area contributed by atoms with Crippen LogP contribution in [-0.2, 0) is 0 Å². The number of para-hydroxylation sites is 6. The van der Waals surface area contributed by atoms with Gasteiger partial charge >= 0.3 is 0 Å². The van der Waals surface area contributed by atoms with Crippen molar-refractivity contribution in [1.82, 2.24) is 0 Å². The normalized spacial score (nSPS) is 11.9. The van der Waals surface area contributed by atoms with E-state index in [4.69, 9.17) is 9.47 Å². The van der Waals surface area contributed by atoms with Gasteiger partial charge in [-0.25, -0.2) is 0 Å². The fraction of sp³-hybridized carbons (Fsp3) is 0.0252. The largest absolute Gasteiger partial charge is 0.456 e. The Bertz CT molecular complexity index is 7890. The predicted octanol–water partition coefficient (Wildman–Crippen LogP) is 33.9. The number of nitrogens with zero attached hydrogens (tertiary/aromatic N) is 4. The zero-order chi connectivity index (χ0) is 83.9. The Balaban J connectivity index is 0.000000145. The fourth-order valence-corrected chi connectivity index (χ4v) is 20.5. The highest BCUT2D eigenvalue weighted by Crippen LogP contribution is 2.56. The van der Waals surface area contributed by atoms with Crippen LogP contribution in [0.2, 0.25) is 19.6 Å². The van der Waals surface area contributed by atoms with Gasteiger partial charge in [0.05, 0.1) is 8.07 Å². The molecule has 22 aromatic carbocycles. The first-order valence-electron chi connectivity index (χ1n) is 43.3. The lowest BCUT2D eigenvalue weighted by atomic mass is 9.86. The minimum atomic E-state index is -1.45. The third kappa shape index (κ3) is 13.3. The van der Waals surface area contributed by atoms with Crippen molar-refractivity contribution in [3.63, 3.8) is 0 Å². The van der Waals surface area contributed by atoms with E-state index in [2.05, 4.69) is 494 Å². The van der Waals surface area contributed by atoms with Crippen LogP contribution in [0.1, 0.15) is 0 Å². The second kappa shape index (κ2) is 31.1. The molecule has 0 saturated heterocycles. The van der Waals surface area contributed by atoms with E-state index >= 15 is 0 Å². The number of hydrogen-bond donors (Lipinski definition) is 0. The number of fused-ring (bicyclic) bond motifs is 15. The fourth-order valence-electron chi connectivity index (χ4n) is 19.4. The zero-order valence-corrected chi connectivity index (χ0v) is 70.9. The summed E-state index contributed by atoms with van der Waals surface area (Å²) in [5, 5.41) is 20.9. The lowest BCUT2D eigenvalue weighted by Crippen LogP contribution is -2.37. The molecular formula is C119H84N4O2Si. The van der Waals surface area contributed by atoms with E-state index in [1.54, 1.807) is 0 Å². The van der Waals surface area contributed by atoms with Gasteiger partial charge in [-0.3, -0.25) is 0 Å². The number of anilines is 12. The van der Waals surface area contributed by atoms with Crippen molar-refractivity contribution < 1.29 is 9.47 Å². The molecule has 0 aliphatic carbocycles. The summed E-state index contributed by atoms with van der Waals surface area (Å²) in [5.74, 6) is 3.46. The van der Waals surface area contributed by atoms with Crippen LogP contribution in [0.25, 0.3) is 131 Å². The van der Waals surface area contributed by atoms with E-state index < -0.39 is 8.07 Å². The molecule has 0 amide bonds. The van der Waals surface area contributed by atoms with Crippen LogP contribution in [0.15, 0.2) is 455 Å². The molecule has 7 heteroatoms. The highest BCUT2D eigenvalue weighted by molar-refractivity contribution is 6.88. The number of ether oxygens (including phenoxy) is 2. The van der Waals surface area contributed by atoms with E-state index in [-0.39, 0.29) is 0 Å². The topological polar surface area (TPSA) is 31.4 Å².